The van der Waals surface area contributed by atoms with Gasteiger partial charge in [0.25, 0.3) is 0 Å². The zero-order chi connectivity index (χ0) is 25.2. The van der Waals surface area contributed by atoms with Crippen LogP contribution in [0, 0.1) is 5.92 Å². The fourth-order valence-electron chi connectivity index (χ4n) is 3.82. The molecule has 9 nitrogen and oxygen atoms in total. The van der Waals surface area contributed by atoms with Crippen molar-refractivity contribution < 1.29 is 29.0 Å². The third kappa shape index (κ3) is 5.94. The van der Waals surface area contributed by atoms with Crippen molar-refractivity contribution in [1.29, 1.82) is 0 Å². The van der Waals surface area contributed by atoms with Crippen molar-refractivity contribution in [2.75, 3.05) is 18.9 Å². The number of ketones is 1. The molecule has 0 saturated heterocycles. The fourth-order valence-corrected chi connectivity index (χ4v) is 4.97. The maximum atomic E-state index is 13.1. The van der Waals surface area contributed by atoms with Crippen molar-refractivity contribution >= 4 is 34.0 Å². The van der Waals surface area contributed by atoms with Crippen LogP contribution < -0.4 is 11.6 Å². The lowest BCUT2D eigenvalue weighted by molar-refractivity contribution is -0.142. The highest BCUT2D eigenvalue weighted by molar-refractivity contribution is 7.16. The number of hydrogen-bond donors (Lipinski definition) is 3. The van der Waals surface area contributed by atoms with E-state index in [1.807, 2.05) is 0 Å². The number of nitrogen functional groups attached to an aromatic ring is 1. The van der Waals surface area contributed by atoms with E-state index in [1.54, 1.807) is 32.9 Å². The number of hydrazine groups is 1. The highest BCUT2D eigenvalue weighted by Crippen LogP contribution is 2.41. The van der Waals surface area contributed by atoms with Gasteiger partial charge in [0, 0.05) is 4.88 Å². The van der Waals surface area contributed by atoms with E-state index < -0.39 is 29.5 Å². The molecule has 0 radical (unpaired) electrons. The van der Waals surface area contributed by atoms with Gasteiger partial charge < -0.3 is 20.3 Å². The first kappa shape index (κ1) is 25.7. The van der Waals surface area contributed by atoms with Crippen LogP contribution >= 0.6 is 11.3 Å². The van der Waals surface area contributed by atoms with E-state index in [0.717, 1.165) is 21.0 Å². The summed E-state index contributed by atoms with van der Waals surface area (Å²) in [4.78, 5) is 38.8. The lowest BCUT2D eigenvalue weighted by atomic mass is 9.94. The Balaban J connectivity index is 1.77. The van der Waals surface area contributed by atoms with Gasteiger partial charge in [-0.15, -0.1) is 11.3 Å². The van der Waals surface area contributed by atoms with Crippen LogP contribution in [0.5, 0.6) is 5.75 Å². The molecule has 0 aliphatic carbocycles. The Labute approximate surface area is 202 Å². The Morgan fingerprint density at radius 3 is 2.50 bits per heavy atom. The van der Waals surface area contributed by atoms with Crippen molar-refractivity contribution in [2.24, 2.45) is 11.8 Å². The number of Topliss-reactive ketones (excluding diaryl/α,β-unsaturated/α-hetero) is 1. The molecule has 184 valence electrons. The maximum Gasteiger partial charge on any atom is 0.341 e. The van der Waals surface area contributed by atoms with Gasteiger partial charge in [-0.1, -0.05) is 12.1 Å². The Hall–Kier alpha value is -2.95. The number of nitrogens with zero attached hydrogens (tertiary/aromatic N) is 1. The standard InChI is InChI=1S/C24H31N3O6S/c1-13(28)17(11-14-5-7-15(29)8-6-14)22(30)27(26)12-18-20-16(9-10-32-18)19(21(25)34-20)23(31)33-24(2,3)4/h5-8,17-18,29H,9-12,25-26H2,1-4H3/t17-,18?/m1/s1. The summed E-state index contributed by atoms with van der Waals surface area (Å²) >= 11 is 1.22. The molecule has 1 aromatic heterocycles. The van der Waals surface area contributed by atoms with Crippen LogP contribution in [0.4, 0.5) is 5.00 Å². The van der Waals surface area contributed by atoms with Crippen LogP contribution in [-0.4, -0.2) is 46.5 Å². The predicted octanol–water partition coefficient (Wildman–Crippen LogP) is 2.76. The summed E-state index contributed by atoms with van der Waals surface area (Å²) in [6.45, 7) is 7.03. The van der Waals surface area contributed by atoms with Gasteiger partial charge in [-0.3, -0.25) is 14.6 Å². The fraction of sp³-hybridized carbons (Fsp3) is 0.458. The number of phenols is 1. The topological polar surface area (TPSA) is 145 Å². The molecule has 5 N–H and O–H groups in total. The van der Waals surface area contributed by atoms with Crippen LogP contribution in [0.15, 0.2) is 24.3 Å². The minimum atomic E-state index is -0.969. The van der Waals surface area contributed by atoms with Crippen LogP contribution in [-0.2, 0) is 31.9 Å². The second-order valence-corrected chi connectivity index (χ2v) is 10.4. The molecule has 2 heterocycles. The number of benzene rings is 1. The van der Waals surface area contributed by atoms with Crippen LogP contribution in [0.3, 0.4) is 0 Å². The second-order valence-electron chi connectivity index (χ2n) is 9.32. The first-order valence-electron chi connectivity index (χ1n) is 11.0. The van der Waals surface area contributed by atoms with E-state index in [4.69, 9.17) is 21.1 Å². The maximum absolute atomic E-state index is 13.1. The number of aromatic hydroxyl groups is 1. The van der Waals surface area contributed by atoms with Gasteiger partial charge in [0.2, 0.25) is 5.91 Å². The summed E-state index contributed by atoms with van der Waals surface area (Å²) in [5, 5.41) is 10.8. The van der Waals surface area contributed by atoms with E-state index in [-0.39, 0.29) is 24.5 Å². The lowest BCUT2D eigenvalue weighted by Crippen LogP contribution is -2.46. The quantitative estimate of drug-likeness (QED) is 0.177. The predicted molar refractivity (Wildman–Crippen MR) is 128 cm³/mol. The summed E-state index contributed by atoms with van der Waals surface area (Å²) in [5.41, 5.74) is 7.32. The Morgan fingerprint density at radius 1 is 1.26 bits per heavy atom. The molecular formula is C24H31N3O6S. The van der Waals surface area contributed by atoms with Crippen molar-refractivity contribution in [2.45, 2.75) is 52.2 Å². The monoisotopic (exact) mass is 489 g/mol. The van der Waals surface area contributed by atoms with E-state index in [9.17, 15) is 19.5 Å². The molecule has 3 rings (SSSR count). The van der Waals surface area contributed by atoms with Crippen LogP contribution in [0.25, 0.3) is 0 Å². The number of thiophene rings is 1. The molecule has 1 aliphatic rings. The van der Waals surface area contributed by atoms with E-state index >= 15 is 0 Å². The Bertz CT molecular complexity index is 1070. The average molecular weight is 490 g/mol. The third-order valence-electron chi connectivity index (χ3n) is 5.44. The first-order chi connectivity index (χ1) is 15.9. The minimum absolute atomic E-state index is 0.00109. The zero-order valence-corrected chi connectivity index (χ0v) is 20.6. The molecule has 0 bridgehead atoms. The van der Waals surface area contributed by atoms with Gasteiger partial charge >= 0.3 is 5.97 Å². The number of anilines is 1. The van der Waals surface area contributed by atoms with Crippen molar-refractivity contribution in [3.8, 4) is 5.75 Å². The molecular weight excluding hydrogens is 458 g/mol. The highest BCUT2D eigenvalue weighted by atomic mass is 32.1. The summed E-state index contributed by atoms with van der Waals surface area (Å²) in [5.74, 6) is 3.89. The Kier molecular flexibility index (Phi) is 7.64. The number of esters is 1. The lowest BCUT2D eigenvalue weighted by Gasteiger charge is -2.29. The SMILES string of the molecule is CC(=O)[C@@H](Cc1ccc(O)cc1)C(=O)N(N)CC1OCCc2c1sc(N)c2C(=O)OC(C)(C)C. The van der Waals surface area contributed by atoms with Crippen molar-refractivity contribution in [1.82, 2.24) is 5.01 Å². The smallest absolute Gasteiger partial charge is 0.341 e. The molecule has 10 heteroatoms. The third-order valence-corrected chi connectivity index (χ3v) is 6.60. The van der Waals surface area contributed by atoms with Crippen molar-refractivity contribution in [3.63, 3.8) is 0 Å². The number of amides is 1. The number of phenolic OH excluding ortho intramolecular Hbond substituents is 1. The number of nitrogens with two attached hydrogens (primary N) is 2. The van der Waals surface area contributed by atoms with E-state index in [0.29, 0.717) is 23.6 Å². The number of rotatable bonds is 7. The molecule has 2 atom stereocenters. The van der Waals surface area contributed by atoms with Crippen molar-refractivity contribution in [3.05, 3.63) is 45.8 Å². The Morgan fingerprint density at radius 2 is 1.91 bits per heavy atom. The van der Waals surface area contributed by atoms with Gasteiger partial charge in [0.05, 0.1) is 18.7 Å². The minimum Gasteiger partial charge on any atom is -0.508 e. The molecule has 2 aromatic rings. The molecule has 0 saturated carbocycles. The second kappa shape index (κ2) is 10.1. The largest absolute Gasteiger partial charge is 0.508 e. The van der Waals surface area contributed by atoms with Gasteiger partial charge in [0.15, 0.2) is 0 Å². The van der Waals surface area contributed by atoms with Crippen LogP contribution in [0.1, 0.15) is 60.2 Å². The number of carbonyl (C=O) groups excluding carboxylic acids is 3. The van der Waals surface area contributed by atoms with Gasteiger partial charge in [0.1, 0.15) is 34.2 Å². The molecule has 1 amide bonds. The van der Waals surface area contributed by atoms with Gasteiger partial charge in [-0.05, 0) is 63.8 Å². The first-order valence-corrected chi connectivity index (χ1v) is 11.8. The number of fused-ring (bicyclic) bond motifs is 1. The van der Waals surface area contributed by atoms with E-state index in [1.165, 1.54) is 30.4 Å². The normalized spacial score (nSPS) is 16.4. The highest BCUT2D eigenvalue weighted by Gasteiger charge is 2.35. The number of hydrogen-bond acceptors (Lipinski definition) is 9. The summed E-state index contributed by atoms with van der Waals surface area (Å²) in [7, 11) is 0. The molecule has 1 aromatic carbocycles. The van der Waals surface area contributed by atoms with Gasteiger partial charge in [-0.25, -0.2) is 10.6 Å². The molecule has 0 fully saturated rings. The average Bonchev–Trinajstić information content (AvgIpc) is 3.08. The number of ether oxygens (including phenoxy) is 2. The van der Waals surface area contributed by atoms with Gasteiger partial charge in [-0.2, -0.15) is 0 Å². The molecule has 1 unspecified atom stereocenters. The molecule has 1 aliphatic heterocycles. The number of carbonyl (C=O) groups is 3. The van der Waals surface area contributed by atoms with Crippen LogP contribution in [0.2, 0.25) is 0 Å². The zero-order valence-electron chi connectivity index (χ0n) is 19.8. The summed E-state index contributed by atoms with van der Waals surface area (Å²) in [6.07, 6.45) is 0.0690. The molecule has 34 heavy (non-hydrogen) atoms. The summed E-state index contributed by atoms with van der Waals surface area (Å²) in [6, 6.07) is 6.31. The summed E-state index contributed by atoms with van der Waals surface area (Å²) < 4.78 is 11.4. The van der Waals surface area contributed by atoms with E-state index in [2.05, 4.69) is 0 Å². The molecule has 0 spiro atoms.